The molecule has 0 atom stereocenters. The molecule has 0 rings (SSSR count). The van der Waals surface area contributed by atoms with Crippen molar-refractivity contribution in [2.45, 2.75) is 227 Å². The van der Waals surface area contributed by atoms with Crippen molar-refractivity contribution < 1.29 is 62.0 Å². The van der Waals surface area contributed by atoms with Crippen LogP contribution in [0.1, 0.15) is 227 Å². The maximum absolute atomic E-state index is 13.5. The molecule has 72 heavy (non-hydrogen) atoms. The average molecular weight is 1040 g/mol. The Morgan fingerprint density at radius 2 is 0.583 bits per heavy atom. The van der Waals surface area contributed by atoms with Crippen LogP contribution in [-0.4, -0.2) is 130 Å². The molecule has 0 N–H and O–H groups in total. The zero-order valence-electron chi connectivity index (χ0n) is 46.3. The number of hydrogen-bond acceptors (Lipinski definition) is 15. The highest BCUT2D eigenvalue weighted by molar-refractivity contribution is 8.13. The van der Waals surface area contributed by atoms with E-state index in [9.17, 15) is 33.6 Å². The van der Waals surface area contributed by atoms with E-state index in [0.717, 1.165) is 153 Å². The van der Waals surface area contributed by atoms with Gasteiger partial charge in [0.15, 0.2) is 0 Å². The van der Waals surface area contributed by atoms with Gasteiger partial charge in [-0.2, -0.15) is 0 Å². The van der Waals surface area contributed by atoms with Crippen LogP contribution >= 0.6 is 11.8 Å². The molecule has 16 heteroatoms. The molecular formula is C56H102N2O13S. The van der Waals surface area contributed by atoms with Crippen molar-refractivity contribution in [1.29, 1.82) is 0 Å². The average Bonchev–Trinajstić information content (AvgIpc) is 3.36. The van der Waals surface area contributed by atoms with Gasteiger partial charge in [0.2, 0.25) is 0 Å². The van der Waals surface area contributed by atoms with Crippen molar-refractivity contribution >= 4 is 52.8 Å². The SMILES string of the molecule is CCCCCCCCC(=O)OCC(COC(=O)CCCCCCCC)COC(=O)CCN(CCC(=O)OCC(COC(=O)CCCCCCCC)COC(=O)CCCCCCCC)C(=O)SCCCN(C)C. The summed E-state index contributed by atoms with van der Waals surface area (Å²) in [7, 11) is 3.90. The van der Waals surface area contributed by atoms with E-state index >= 15 is 0 Å². The molecule has 0 saturated carbocycles. The molecule has 0 fully saturated rings. The summed E-state index contributed by atoms with van der Waals surface area (Å²) in [5.41, 5.74) is 0. The molecule has 420 valence electrons. The predicted octanol–water partition coefficient (Wildman–Crippen LogP) is 12.4. The lowest BCUT2D eigenvalue weighted by Crippen LogP contribution is -2.34. The Balaban J connectivity index is 5.57. The first-order chi connectivity index (χ1) is 34.8. The lowest BCUT2D eigenvalue weighted by molar-refractivity contribution is -0.156. The van der Waals surface area contributed by atoms with Crippen molar-refractivity contribution in [2.75, 3.05) is 79.1 Å². The van der Waals surface area contributed by atoms with E-state index in [1.54, 1.807) is 0 Å². The second kappa shape index (κ2) is 49.8. The molecule has 0 aliphatic heterocycles. The number of carbonyl (C=O) groups is 7. The van der Waals surface area contributed by atoms with Crippen LogP contribution in [0.3, 0.4) is 0 Å². The largest absolute Gasteiger partial charge is 0.465 e. The van der Waals surface area contributed by atoms with E-state index in [0.29, 0.717) is 5.75 Å². The summed E-state index contributed by atoms with van der Waals surface area (Å²) in [5, 5.41) is -0.297. The topological polar surface area (TPSA) is 181 Å². The zero-order valence-corrected chi connectivity index (χ0v) is 47.1. The highest BCUT2D eigenvalue weighted by Crippen LogP contribution is 2.16. The van der Waals surface area contributed by atoms with E-state index in [2.05, 4.69) is 27.7 Å². The van der Waals surface area contributed by atoms with Crippen LogP contribution in [0.2, 0.25) is 0 Å². The van der Waals surface area contributed by atoms with Gasteiger partial charge in [-0.15, -0.1) is 0 Å². The first-order valence-corrected chi connectivity index (χ1v) is 29.3. The van der Waals surface area contributed by atoms with Gasteiger partial charge in [-0.25, -0.2) is 0 Å². The minimum absolute atomic E-state index is 0.0253. The predicted molar refractivity (Wildman–Crippen MR) is 287 cm³/mol. The Morgan fingerprint density at radius 3 is 0.847 bits per heavy atom. The number of esters is 6. The van der Waals surface area contributed by atoms with E-state index < -0.39 is 23.8 Å². The monoisotopic (exact) mass is 1040 g/mol. The number of thioether (sulfide) groups is 1. The van der Waals surface area contributed by atoms with Gasteiger partial charge in [0.05, 0.1) is 24.7 Å². The molecule has 0 heterocycles. The molecular weight excluding hydrogens is 941 g/mol. The van der Waals surface area contributed by atoms with E-state index in [1.807, 2.05) is 19.0 Å². The van der Waals surface area contributed by atoms with Crippen LogP contribution in [0, 0.1) is 11.8 Å². The summed E-state index contributed by atoms with van der Waals surface area (Å²) in [4.78, 5) is 93.7. The summed E-state index contributed by atoms with van der Waals surface area (Å²) in [6.07, 6.45) is 26.3. The van der Waals surface area contributed by atoms with E-state index in [4.69, 9.17) is 28.4 Å². The molecule has 0 aromatic carbocycles. The van der Waals surface area contributed by atoms with Crippen molar-refractivity contribution in [3.63, 3.8) is 0 Å². The van der Waals surface area contributed by atoms with Gasteiger partial charge < -0.3 is 38.2 Å². The van der Waals surface area contributed by atoms with Crippen LogP contribution < -0.4 is 0 Å². The van der Waals surface area contributed by atoms with Crippen molar-refractivity contribution in [3.8, 4) is 0 Å². The Bertz CT molecular complexity index is 1250. The molecule has 0 spiro atoms. The molecule has 0 aromatic rings. The van der Waals surface area contributed by atoms with E-state index in [-0.39, 0.29) is 120 Å². The molecule has 0 radical (unpaired) electrons. The van der Waals surface area contributed by atoms with Gasteiger partial charge in [-0.3, -0.25) is 33.6 Å². The normalized spacial score (nSPS) is 11.2. The number of hydrogen-bond donors (Lipinski definition) is 0. The molecule has 0 bridgehead atoms. The third kappa shape index (κ3) is 45.2. The van der Waals surface area contributed by atoms with Crippen LogP contribution in [-0.2, 0) is 57.2 Å². The Morgan fingerprint density at radius 1 is 0.333 bits per heavy atom. The first kappa shape index (κ1) is 68.6. The molecule has 0 aliphatic carbocycles. The first-order valence-electron chi connectivity index (χ1n) is 28.3. The fourth-order valence-corrected chi connectivity index (χ4v) is 8.38. The summed E-state index contributed by atoms with van der Waals surface area (Å²) in [5.74, 6) is -3.22. The lowest BCUT2D eigenvalue weighted by atomic mass is 10.1. The minimum atomic E-state index is -0.602. The number of nitrogens with zero attached hydrogens (tertiary/aromatic N) is 2. The van der Waals surface area contributed by atoms with Gasteiger partial charge >= 0.3 is 35.8 Å². The molecule has 0 unspecified atom stereocenters. The van der Waals surface area contributed by atoms with Crippen LogP contribution in [0.4, 0.5) is 4.79 Å². The number of ether oxygens (including phenoxy) is 6. The zero-order chi connectivity index (χ0) is 53.3. The van der Waals surface area contributed by atoms with Gasteiger partial charge in [-0.05, 0) is 52.7 Å². The van der Waals surface area contributed by atoms with Gasteiger partial charge in [-0.1, -0.05) is 168 Å². The summed E-state index contributed by atoms with van der Waals surface area (Å²) >= 11 is 1.11. The molecule has 15 nitrogen and oxygen atoms in total. The maximum atomic E-state index is 13.5. The number of rotatable bonds is 50. The molecule has 1 amide bonds. The molecule has 0 aliphatic rings. The fraction of sp³-hybridized carbons (Fsp3) is 0.875. The van der Waals surface area contributed by atoms with Crippen LogP contribution in [0.15, 0.2) is 0 Å². The molecule has 0 saturated heterocycles. The fourth-order valence-electron chi connectivity index (χ4n) is 7.56. The van der Waals surface area contributed by atoms with E-state index in [1.165, 1.54) is 30.6 Å². The third-order valence-corrected chi connectivity index (χ3v) is 13.2. The summed E-state index contributed by atoms with van der Waals surface area (Å²) in [6.45, 7) is 8.74. The van der Waals surface area contributed by atoms with Crippen LogP contribution in [0.5, 0.6) is 0 Å². The third-order valence-electron chi connectivity index (χ3n) is 12.2. The Hall–Kier alpha value is -3.40. The van der Waals surface area contributed by atoms with Crippen molar-refractivity contribution in [2.24, 2.45) is 11.8 Å². The minimum Gasteiger partial charge on any atom is -0.465 e. The van der Waals surface area contributed by atoms with Crippen LogP contribution in [0.25, 0.3) is 0 Å². The summed E-state index contributed by atoms with van der Waals surface area (Å²) < 4.78 is 33.4. The Kier molecular flexibility index (Phi) is 47.4. The lowest BCUT2D eigenvalue weighted by Gasteiger charge is -2.23. The quantitative estimate of drug-likeness (QED) is 0.0318. The van der Waals surface area contributed by atoms with Crippen molar-refractivity contribution in [1.82, 2.24) is 9.80 Å². The smallest absolute Gasteiger partial charge is 0.307 e. The second-order valence-electron chi connectivity index (χ2n) is 19.7. The second-order valence-corrected chi connectivity index (χ2v) is 20.7. The highest BCUT2D eigenvalue weighted by atomic mass is 32.2. The number of carbonyl (C=O) groups excluding carboxylic acids is 7. The standard InChI is InChI=1S/C56H102N2O13S/c1-7-11-15-19-23-27-32-50(59)66-42-48(43-67-51(60)33-28-24-20-16-12-8-2)46-70-54(63)36-39-58(56(65)72-41-31-38-57(5)6)40-37-55(64)71-47-49(44-68-52(61)34-29-25-21-17-13-9-3)45-69-53(62)35-30-26-22-18-14-10-4/h48-49H,7-47H2,1-6H3. The van der Waals surface area contributed by atoms with Gasteiger partial charge in [0.1, 0.15) is 39.6 Å². The molecule has 0 aromatic heterocycles. The maximum Gasteiger partial charge on any atom is 0.307 e. The number of amides is 1. The van der Waals surface area contributed by atoms with Crippen molar-refractivity contribution in [3.05, 3.63) is 0 Å². The summed E-state index contributed by atoms with van der Waals surface area (Å²) in [6, 6.07) is 0. The van der Waals surface area contributed by atoms with Gasteiger partial charge in [0.25, 0.3) is 5.24 Å². The van der Waals surface area contributed by atoms with Gasteiger partial charge in [0, 0.05) is 44.5 Å². The Labute approximate surface area is 440 Å². The number of unbranched alkanes of at least 4 members (excludes halogenated alkanes) is 20. The highest BCUT2D eigenvalue weighted by Gasteiger charge is 2.23.